The van der Waals surface area contributed by atoms with E-state index in [0.29, 0.717) is 34.3 Å². The molecule has 6 heteroatoms. The van der Waals surface area contributed by atoms with Crippen LogP contribution in [0.4, 0.5) is 0 Å². The second kappa shape index (κ2) is 8.87. The Morgan fingerprint density at radius 3 is 2.36 bits per heavy atom. The smallest absolute Gasteiger partial charge is 0.255 e. The zero-order valence-electron chi connectivity index (χ0n) is 14.2. The molecule has 0 atom stereocenters. The number of likely N-dealkylation sites (N-methyl/N-ethyl adjacent to an activating group) is 1. The first-order valence-electron chi connectivity index (χ1n) is 7.79. The summed E-state index contributed by atoms with van der Waals surface area (Å²) in [6, 6.07) is 14.2. The van der Waals surface area contributed by atoms with E-state index in [0.717, 1.165) is 12.1 Å². The molecule has 0 aliphatic rings. The van der Waals surface area contributed by atoms with E-state index in [2.05, 4.69) is 6.07 Å². The van der Waals surface area contributed by atoms with Gasteiger partial charge in [0.1, 0.15) is 0 Å². The highest BCUT2D eigenvalue weighted by Crippen LogP contribution is 2.23. The lowest BCUT2D eigenvalue weighted by Crippen LogP contribution is -2.36. The standard InChI is InChI=1S/C19H19Cl2N3O/c1-23(2)9-10-24(13-15-5-3-14(12-22)4-6-15)19(25)17-11-16(20)7-8-18(17)21/h3-8,11H,9-10,13H2,1-2H3. The lowest BCUT2D eigenvalue weighted by Gasteiger charge is -2.25. The van der Waals surface area contributed by atoms with Gasteiger partial charge in [0.25, 0.3) is 5.91 Å². The third-order valence-corrected chi connectivity index (χ3v) is 4.28. The van der Waals surface area contributed by atoms with Gasteiger partial charge in [0.05, 0.1) is 22.2 Å². The molecule has 2 rings (SSSR count). The van der Waals surface area contributed by atoms with Gasteiger partial charge in [-0.2, -0.15) is 5.26 Å². The fourth-order valence-electron chi connectivity index (χ4n) is 2.31. The van der Waals surface area contributed by atoms with Crippen LogP contribution in [-0.4, -0.2) is 42.9 Å². The molecule has 0 aliphatic carbocycles. The molecule has 0 fully saturated rings. The molecule has 1 amide bonds. The third kappa shape index (κ3) is 5.47. The molecule has 0 spiro atoms. The van der Waals surface area contributed by atoms with Crippen LogP contribution in [0.5, 0.6) is 0 Å². The maximum Gasteiger partial charge on any atom is 0.255 e. The minimum Gasteiger partial charge on any atom is -0.333 e. The summed E-state index contributed by atoms with van der Waals surface area (Å²) in [7, 11) is 3.91. The van der Waals surface area contributed by atoms with Crippen LogP contribution >= 0.6 is 23.2 Å². The molecule has 0 unspecified atom stereocenters. The van der Waals surface area contributed by atoms with E-state index in [1.54, 1.807) is 35.2 Å². The van der Waals surface area contributed by atoms with Crippen LogP contribution < -0.4 is 0 Å². The van der Waals surface area contributed by atoms with Crippen molar-refractivity contribution in [3.05, 3.63) is 69.2 Å². The number of rotatable bonds is 6. The fourth-order valence-corrected chi connectivity index (χ4v) is 2.68. The number of nitrogens with zero attached hydrogens (tertiary/aromatic N) is 3. The van der Waals surface area contributed by atoms with Crippen LogP contribution in [0, 0.1) is 11.3 Å². The van der Waals surface area contributed by atoms with Gasteiger partial charge in [-0.15, -0.1) is 0 Å². The Balaban J connectivity index is 2.26. The van der Waals surface area contributed by atoms with E-state index >= 15 is 0 Å². The van der Waals surface area contributed by atoms with Crippen LogP contribution in [-0.2, 0) is 6.54 Å². The number of nitriles is 1. The van der Waals surface area contributed by atoms with E-state index in [4.69, 9.17) is 28.5 Å². The zero-order valence-corrected chi connectivity index (χ0v) is 15.7. The Labute approximate surface area is 158 Å². The van der Waals surface area contributed by atoms with Gasteiger partial charge in [0.15, 0.2) is 0 Å². The van der Waals surface area contributed by atoms with Crippen LogP contribution in [0.2, 0.25) is 10.0 Å². The SMILES string of the molecule is CN(C)CCN(Cc1ccc(C#N)cc1)C(=O)c1cc(Cl)ccc1Cl. The molecule has 0 aromatic heterocycles. The van der Waals surface area contributed by atoms with Crippen molar-refractivity contribution in [2.45, 2.75) is 6.54 Å². The number of benzene rings is 2. The van der Waals surface area contributed by atoms with Gasteiger partial charge in [-0.05, 0) is 50.0 Å². The van der Waals surface area contributed by atoms with Crippen molar-refractivity contribution in [1.82, 2.24) is 9.80 Å². The first-order chi connectivity index (χ1) is 11.9. The summed E-state index contributed by atoms with van der Waals surface area (Å²) >= 11 is 12.2. The molecule has 0 saturated carbocycles. The van der Waals surface area contributed by atoms with Gasteiger partial charge in [-0.3, -0.25) is 4.79 Å². The van der Waals surface area contributed by atoms with E-state index in [1.807, 2.05) is 31.1 Å². The van der Waals surface area contributed by atoms with Gasteiger partial charge >= 0.3 is 0 Å². The number of amides is 1. The molecule has 0 heterocycles. The quantitative estimate of drug-likeness (QED) is 0.764. The lowest BCUT2D eigenvalue weighted by molar-refractivity contribution is 0.0732. The molecule has 2 aromatic rings. The molecule has 0 radical (unpaired) electrons. The van der Waals surface area contributed by atoms with Crippen molar-refractivity contribution in [2.75, 3.05) is 27.2 Å². The number of hydrogen-bond donors (Lipinski definition) is 0. The maximum absolute atomic E-state index is 13.0. The third-order valence-electron chi connectivity index (χ3n) is 3.72. The van der Waals surface area contributed by atoms with Crippen molar-refractivity contribution in [3.63, 3.8) is 0 Å². The van der Waals surface area contributed by atoms with E-state index < -0.39 is 0 Å². The number of halogens is 2. The van der Waals surface area contributed by atoms with Crippen molar-refractivity contribution in [2.24, 2.45) is 0 Å². The highest BCUT2D eigenvalue weighted by Gasteiger charge is 2.19. The predicted octanol–water partition coefficient (Wildman–Crippen LogP) is 4.07. The van der Waals surface area contributed by atoms with Gasteiger partial charge in [0, 0.05) is 24.7 Å². The summed E-state index contributed by atoms with van der Waals surface area (Å²) in [4.78, 5) is 16.7. The van der Waals surface area contributed by atoms with E-state index in [-0.39, 0.29) is 5.91 Å². The monoisotopic (exact) mass is 375 g/mol. The first kappa shape index (κ1) is 19.3. The van der Waals surface area contributed by atoms with Gasteiger partial charge in [0.2, 0.25) is 0 Å². The normalized spacial score (nSPS) is 10.6. The summed E-state index contributed by atoms with van der Waals surface area (Å²) in [5.74, 6) is -0.168. The molecule has 0 bridgehead atoms. The summed E-state index contributed by atoms with van der Waals surface area (Å²) in [5.41, 5.74) is 1.93. The largest absolute Gasteiger partial charge is 0.333 e. The number of carbonyl (C=O) groups is 1. The topological polar surface area (TPSA) is 47.3 Å². The molecule has 25 heavy (non-hydrogen) atoms. The highest BCUT2D eigenvalue weighted by molar-refractivity contribution is 6.35. The van der Waals surface area contributed by atoms with E-state index in [1.165, 1.54) is 0 Å². The lowest BCUT2D eigenvalue weighted by atomic mass is 10.1. The molecule has 0 aliphatic heterocycles. The Bertz CT molecular complexity index is 782. The second-order valence-corrected chi connectivity index (χ2v) is 6.81. The van der Waals surface area contributed by atoms with Crippen molar-refractivity contribution in [3.8, 4) is 6.07 Å². The van der Waals surface area contributed by atoms with Crippen molar-refractivity contribution in [1.29, 1.82) is 5.26 Å². The van der Waals surface area contributed by atoms with Gasteiger partial charge in [-0.1, -0.05) is 35.3 Å². The Kier molecular flexibility index (Phi) is 6.83. The second-order valence-electron chi connectivity index (χ2n) is 5.96. The average Bonchev–Trinajstić information content (AvgIpc) is 2.60. The zero-order chi connectivity index (χ0) is 18.4. The summed E-state index contributed by atoms with van der Waals surface area (Å²) in [5, 5.41) is 9.75. The first-order valence-corrected chi connectivity index (χ1v) is 8.54. The highest BCUT2D eigenvalue weighted by atomic mass is 35.5. The summed E-state index contributed by atoms with van der Waals surface area (Å²) in [6.07, 6.45) is 0. The summed E-state index contributed by atoms with van der Waals surface area (Å²) < 4.78 is 0. The Morgan fingerprint density at radius 2 is 1.76 bits per heavy atom. The Hall–Kier alpha value is -2.06. The Morgan fingerprint density at radius 1 is 1.08 bits per heavy atom. The van der Waals surface area contributed by atoms with Crippen LogP contribution in [0.25, 0.3) is 0 Å². The molecule has 0 N–H and O–H groups in total. The maximum atomic E-state index is 13.0. The van der Waals surface area contributed by atoms with Crippen molar-refractivity contribution >= 4 is 29.1 Å². The minimum absolute atomic E-state index is 0.168. The molecule has 0 saturated heterocycles. The molecule has 4 nitrogen and oxygen atoms in total. The van der Waals surface area contributed by atoms with Crippen molar-refractivity contribution < 1.29 is 4.79 Å². The molecule has 2 aromatic carbocycles. The fraction of sp³-hybridized carbons (Fsp3) is 0.263. The van der Waals surface area contributed by atoms with Gasteiger partial charge in [-0.25, -0.2) is 0 Å². The minimum atomic E-state index is -0.168. The molecular formula is C19H19Cl2N3O. The number of hydrogen-bond acceptors (Lipinski definition) is 3. The molecule has 130 valence electrons. The average molecular weight is 376 g/mol. The predicted molar refractivity (Wildman–Crippen MR) is 101 cm³/mol. The van der Waals surface area contributed by atoms with Crippen LogP contribution in [0.15, 0.2) is 42.5 Å². The van der Waals surface area contributed by atoms with E-state index in [9.17, 15) is 4.79 Å². The van der Waals surface area contributed by atoms with Crippen LogP contribution in [0.3, 0.4) is 0 Å². The van der Waals surface area contributed by atoms with Crippen LogP contribution in [0.1, 0.15) is 21.5 Å². The summed E-state index contributed by atoms with van der Waals surface area (Å²) in [6.45, 7) is 1.70. The number of carbonyl (C=O) groups excluding carboxylic acids is 1. The van der Waals surface area contributed by atoms with Gasteiger partial charge < -0.3 is 9.80 Å². The molecular weight excluding hydrogens is 357 g/mol.